The molecule has 0 N–H and O–H groups in total. The molecule has 2 atom stereocenters. The van der Waals surface area contributed by atoms with Crippen LogP contribution in [0, 0.1) is 5.92 Å². The van der Waals surface area contributed by atoms with E-state index in [1.807, 2.05) is 0 Å². The van der Waals surface area contributed by atoms with Gasteiger partial charge in [0, 0.05) is 5.25 Å². The van der Waals surface area contributed by atoms with Crippen LogP contribution in [0.4, 0.5) is 0 Å². The standard InChI is InChI=1S/C9H16S/c1-2-6-9-8(4-1)5-3-7-10-9/h8-9H,1-7H2/t8-,9-/m0/s1. The first-order valence-electron chi connectivity index (χ1n) is 4.58. The maximum Gasteiger partial charge on any atom is 0.00753 e. The lowest BCUT2D eigenvalue weighted by molar-refractivity contribution is 0.340. The smallest absolute Gasteiger partial charge is 0.00753 e. The van der Waals surface area contributed by atoms with Gasteiger partial charge in [0.15, 0.2) is 0 Å². The number of hydrogen-bond acceptors (Lipinski definition) is 1. The summed E-state index contributed by atoms with van der Waals surface area (Å²) in [6.07, 6.45) is 9.12. The van der Waals surface area contributed by atoms with Gasteiger partial charge < -0.3 is 0 Å². The van der Waals surface area contributed by atoms with Gasteiger partial charge >= 0.3 is 0 Å². The molecule has 0 aromatic rings. The summed E-state index contributed by atoms with van der Waals surface area (Å²) in [5.41, 5.74) is 0. The molecule has 1 heteroatoms. The fraction of sp³-hybridized carbons (Fsp3) is 1.00. The Hall–Kier alpha value is 0.350. The van der Waals surface area contributed by atoms with Crippen molar-refractivity contribution < 1.29 is 0 Å². The number of thioether (sulfide) groups is 1. The summed E-state index contributed by atoms with van der Waals surface area (Å²) in [6.45, 7) is 0. The molecule has 2 aliphatic rings. The van der Waals surface area contributed by atoms with Crippen molar-refractivity contribution in [2.75, 3.05) is 5.75 Å². The normalized spacial score (nSPS) is 40.8. The van der Waals surface area contributed by atoms with Crippen molar-refractivity contribution >= 4 is 11.8 Å². The Morgan fingerprint density at radius 2 is 1.70 bits per heavy atom. The highest BCUT2D eigenvalue weighted by atomic mass is 32.2. The van der Waals surface area contributed by atoms with Crippen molar-refractivity contribution in [1.29, 1.82) is 0 Å². The zero-order chi connectivity index (χ0) is 6.81. The van der Waals surface area contributed by atoms with Crippen LogP contribution < -0.4 is 0 Å². The maximum absolute atomic E-state index is 2.25. The van der Waals surface area contributed by atoms with Crippen molar-refractivity contribution in [3.8, 4) is 0 Å². The highest BCUT2D eigenvalue weighted by molar-refractivity contribution is 7.99. The Morgan fingerprint density at radius 3 is 2.60 bits per heavy atom. The third-order valence-corrected chi connectivity index (χ3v) is 4.46. The zero-order valence-corrected chi connectivity index (χ0v) is 7.33. The van der Waals surface area contributed by atoms with Crippen molar-refractivity contribution in [2.24, 2.45) is 5.92 Å². The molecule has 1 aliphatic heterocycles. The van der Waals surface area contributed by atoms with Crippen LogP contribution in [-0.2, 0) is 0 Å². The summed E-state index contributed by atoms with van der Waals surface area (Å²) >= 11 is 2.25. The van der Waals surface area contributed by atoms with Gasteiger partial charge in [-0.15, -0.1) is 0 Å². The summed E-state index contributed by atoms with van der Waals surface area (Å²) in [4.78, 5) is 0. The van der Waals surface area contributed by atoms with E-state index in [9.17, 15) is 0 Å². The minimum atomic E-state index is 1.07. The van der Waals surface area contributed by atoms with Gasteiger partial charge in [-0.2, -0.15) is 11.8 Å². The van der Waals surface area contributed by atoms with Gasteiger partial charge in [0.25, 0.3) is 0 Å². The molecule has 1 saturated carbocycles. The topological polar surface area (TPSA) is 0 Å². The summed E-state index contributed by atoms with van der Waals surface area (Å²) < 4.78 is 0. The fourth-order valence-corrected chi connectivity index (χ4v) is 3.82. The Kier molecular flexibility index (Phi) is 2.22. The Balaban J connectivity index is 1.93. The molecule has 10 heavy (non-hydrogen) atoms. The molecule has 1 saturated heterocycles. The molecule has 1 aliphatic carbocycles. The van der Waals surface area contributed by atoms with Crippen LogP contribution in [0.1, 0.15) is 38.5 Å². The molecule has 0 amide bonds. The number of hydrogen-bond donors (Lipinski definition) is 0. The van der Waals surface area contributed by atoms with E-state index >= 15 is 0 Å². The van der Waals surface area contributed by atoms with Crippen molar-refractivity contribution in [1.82, 2.24) is 0 Å². The second-order valence-electron chi connectivity index (χ2n) is 3.60. The van der Waals surface area contributed by atoms with E-state index in [0.717, 1.165) is 11.2 Å². The first-order valence-corrected chi connectivity index (χ1v) is 5.63. The van der Waals surface area contributed by atoms with Crippen molar-refractivity contribution in [3.63, 3.8) is 0 Å². The predicted molar refractivity (Wildman–Crippen MR) is 47.4 cm³/mol. The molecule has 0 nitrogen and oxygen atoms in total. The van der Waals surface area contributed by atoms with Crippen LogP contribution in [0.25, 0.3) is 0 Å². The third kappa shape index (κ3) is 1.34. The lowest BCUT2D eigenvalue weighted by Gasteiger charge is -2.34. The average molecular weight is 156 g/mol. The minimum absolute atomic E-state index is 1.07. The molecular formula is C9H16S. The van der Waals surface area contributed by atoms with Crippen LogP contribution in [-0.4, -0.2) is 11.0 Å². The lowest BCUT2D eigenvalue weighted by atomic mass is 9.85. The first-order chi connectivity index (χ1) is 4.97. The van der Waals surface area contributed by atoms with Gasteiger partial charge in [-0.3, -0.25) is 0 Å². The monoisotopic (exact) mass is 156 g/mol. The Morgan fingerprint density at radius 1 is 0.900 bits per heavy atom. The minimum Gasteiger partial charge on any atom is -0.158 e. The summed E-state index contributed by atoms with van der Waals surface area (Å²) in [5.74, 6) is 2.56. The Bertz CT molecular complexity index is 85.3. The van der Waals surface area contributed by atoms with Gasteiger partial charge in [0.1, 0.15) is 0 Å². The van der Waals surface area contributed by atoms with Crippen molar-refractivity contribution in [2.45, 2.75) is 43.8 Å². The Labute approximate surface area is 67.8 Å². The molecule has 0 unspecified atom stereocenters. The highest BCUT2D eigenvalue weighted by Gasteiger charge is 2.27. The molecule has 0 spiro atoms. The van der Waals surface area contributed by atoms with E-state index in [2.05, 4.69) is 11.8 Å². The summed E-state index contributed by atoms with van der Waals surface area (Å²) in [7, 11) is 0. The molecular weight excluding hydrogens is 140 g/mol. The number of fused-ring (bicyclic) bond motifs is 1. The second-order valence-corrected chi connectivity index (χ2v) is 4.94. The summed E-state index contributed by atoms with van der Waals surface area (Å²) in [6, 6.07) is 0. The van der Waals surface area contributed by atoms with E-state index < -0.39 is 0 Å². The van der Waals surface area contributed by atoms with E-state index in [0.29, 0.717) is 0 Å². The van der Waals surface area contributed by atoms with Crippen molar-refractivity contribution in [3.05, 3.63) is 0 Å². The average Bonchev–Trinajstić information content (AvgIpc) is 2.05. The van der Waals surface area contributed by atoms with Gasteiger partial charge in [-0.05, 0) is 37.4 Å². The third-order valence-electron chi connectivity index (χ3n) is 2.89. The number of rotatable bonds is 0. The van der Waals surface area contributed by atoms with Crippen LogP contribution >= 0.6 is 11.8 Å². The second kappa shape index (κ2) is 3.17. The van der Waals surface area contributed by atoms with E-state index in [-0.39, 0.29) is 0 Å². The van der Waals surface area contributed by atoms with Gasteiger partial charge in [0.2, 0.25) is 0 Å². The maximum atomic E-state index is 2.25. The van der Waals surface area contributed by atoms with Crippen LogP contribution in [0.5, 0.6) is 0 Å². The molecule has 2 fully saturated rings. The first kappa shape index (κ1) is 7.02. The fourth-order valence-electron chi connectivity index (χ4n) is 2.30. The van der Waals surface area contributed by atoms with E-state index in [1.165, 1.54) is 44.3 Å². The molecule has 2 rings (SSSR count). The molecule has 0 bridgehead atoms. The van der Waals surface area contributed by atoms with Gasteiger partial charge in [-0.1, -0.05) is 12.8 Å². The van der Waals surface area contributed by atoms with Gasteiger partial charge in [0.05, 0.1) is 0 Å². The predicted octanol–water partition coefficient (Wildman–Crippen LogP) is 3.07. The van der Waals surface area contributed by atoms with Crippen LogP contribution in [0.15, 0.2) is 0 Å². The lowest BCUT2D eigenvalue weighted by Crippen LogP contribution is -2.25. The van der Waals surface area contributed by atoms with Crippen LogP contribution in [0.3, 0.4) is 0 Å². The molecule has 1 heterocycles. The largest absolute Gasteiger partial charge is 0.158 e. The van der Waals surface area contributed by atoms with Crippen LogP contribution in [0.2, 0.25) is 0 Å². The highest BCUT2D eigenvalue weighted by Crippen LogP contribution is 2.39. The van der Waals surface area contributed by atoms with E-state index in [1.54, 1.807) is 0 Å². The molecule has 58 valence electrons. The van der Waals surface area contributed by atoms with E-state index in [4.69, 9.17) is 0 Å². The zero-order valence-electron chi connectivity index (χ0n) is 6.51. The molecule has 0 radical (unpaired) electrons. The molecule has 0 aromatic carbocycles. The summed E-state index contributed by atoms with van der Waals surface area (Å²) in [5, 5.41) is 1.07. The quantitative estimate of drug-likeness (QED) is 0.519. The SMILES string of the molecule is C1CC[C@@H]2SCCC[C@@H]2C1. The molecule has 0 aromatic heterocycles. The van der Waals surface area contributed by atoms with Gasteiger partial charge in [-0.25, -0.2) is 0 Å².